The molecule has 1 saturated heterocycles. The smallest absolute Gasteiger partial charge is 0.276 e. The molecule has 1 aromatic carbocycles. The summed E-state index contributed by atoms with van der Waals surface area (Å²) in [6, 6.07) is 7.71. The van der Waals surface area contributed by atoms with Crippen molar-refractivity contribution in [2.45, 2.75) is 11.8 Å². The highest BCUT2D eigenvalue weighted by molar-refractivity contribution is 7.99. The van der Waals surface area contributed by atoms with Gasteiger partial charge in [0, 0.05) is 31.1 Å². The van der Waals surface area contributed by atoms with Crippen molar-refractivity contribution in [3.05, 3.63) is 30.2 Å². The Balaban J connectivity index is 1.39. The predicted octanol–water partition coefficient (Wildman–Crippen LogP) is 2.11. The van der Waals surface area contributed by atoms with Crippen LogP contribution in [-0.4, -0.2) is 60.8 Å². The number of rotatable bonds is 8. The van der Waals surface area contributed by atoms with E-state index in [4.69, 9.17) is 13.9 Å². The lowest BCUT2D eigenvalue weighted by molar-refractivity contribution is 0.0410. The van der Waals surface area contributed by atoms with Crippen molar-refractivity contribution in [2.75, 3.05) is 51.0 Å². The van der Waals surface area contributed by atoms with Crippen LogP contribution in [0.4, 0.5) is 5.69 Å². The number of anilines is 1. The van der Waals surface area contributed by atoms with Crippen LogP contribution in [0.15, 0.2) is 33.9 Å². The molecule has 2 heterocycles. The number of hydrogen-bond acceptors (Lipinski definition) is 8. The highest BCUT2D eigenvalue weighted by Crippen LogP contribution is 2.18. The summed E-state index contributed by atoms with van der Waals surface area (Å²) in [5.74, 6) is 2.35. The van der Waals surface area contributed by atoms with Crippen LogP contribution < -0.4 is 10.1 Å². The van der Waals surface area contributed by atoms with Gasteiger partial charge in [-0.1, -0.05) is 11.8 Å². The largest absolute Gasteiger partial charge is 0.497 e. The van der Waals surface area contributed by atoms with Crippen LogP contribution in [0.3, 0.4) is 0 Å². The molecule has 1 aromatic heterocycles. The van der Waals surface area contributed by atoms with E-state index < -0.39 is 0 Å². The van der Waals surface area contributed by atoms with E-state index in [1.807, 2.05) is 24.3 Å². The van der Waals surface area contributed by atoms with Gasteiger partial charge < -0.3 is 19.2 Å². The van der Waals surface area contributed by atoms with Crippen molar-refractivity contribution in [3.63, 3.8) is 0 Å². The van der Waals surface area contributed by atoms with Gasteiger partial charge in [0.1, 0.15) is 5.75 Å². The first-order valence-electron chi connectivity index (χ1n) is 7.97. The first-order chi connectivity index (χ1) is 11.8. The second-order valence-corrected chi connectivity index (χ2v) is 6.39. The number of ether oxygens (including phenoxy) is 2. The van der Waals surface area contributed by atoms with Gasteiger partial charge in [0.15, 0.2) is 0 Å². The van der Waals surface area contributed by atoms with Crippen LogP contribution >= 0.6 is 11.8 Å². The molecule has 0 radical (unpaired) electrons. The van der Waals surface area contributed by atoms with Crippen LogP contribution in [-0.2, 0) is 11.3 Å². The number of nitrogens with zero attached hydrogens (tertiary/aromatic N) is 3. The fraction of sp³-hybridized carbons (Fsp3) is 0.500. The van der Waals surface area contributed by atoms with Gasteiger partial charge in [0.2, 0.25) is 5.89 Å². The van der Waals surface area contributed by atoms with Gasteiger partial charge >= 0.3 is 0 Å². The van der Waals surface area contributed by atoms with Crippen molar-refractivity contribution >= 4 is 17.4 Å². The normalized spacial score (nSPS) is 15.4. The Bertz CT molecular complexity index is 614. The molecule has 0 amide bonds. The molecule has 24 heavy (non-hydrogen) atoms. The number of hydrogen-bond donors (Lipinski definition) is 1. The summed E-state index contributed by atoms with van der Waals surface area (Å²) in [6.45, 7) is 5.17. The Morgan fingerprint density at radius 2 is 2.00 bits per heavy atom. The first-order valence-corrected chi connectivity index (χ1v) is 8.95. The molecule has 1 aliphatic rings. The second-order valence-electron chi connectivity index (χ2n) is 5.35. The van der Waals surface area contributed by atoms with Crippen molar-refractivity contribution in [2.24, 2.45) is 0 Å². The summed E-state index contributed by atoms with van der Waals surface area (Å²) in [7, 11) is 1.65. The topological polar surface area (TPSA) is 72.7 Å². The quantitative estimate of drug-likeness (QED) is 0.726. The van der Waals surface area contributed by atoms with Gasteiger partial charge in [0.25, 0.3) is 5.22 Å². The average Bonchev–Trinajstić information content (AvgIpc) is 3.09. The highest BCUT2D eigenvalue weighted by atomic mass is 32.2. The SMILES string of the molecule is COc1ccc(NCc2nnc(SCCN3CCOCC3)o2)cc1. The molecule has 3 rings (SSSR count). The number of thioether (sulfide) groups is 1. The Morgan fingerprint density at radius 1 is 1.21 bits per heavy atom. The van der Waals surface area contributed by atoms with Gasteiger partial charge in [-0.05, 0) is 24.3 Å². The Morgan fingerprint density at radius 3 is 2.75 bits per heavy atom. The van der Waals surface area contributed by atoms with Crippen LogP contribution in [0.5, 0.6) is 5.75 Å². The molecule has 0 saturated carbocycles. The molecule has 0 atom stereocenters. The lowest BCUT2D eigenvalue weighted by Crippen LogP contribution is -2.37. The van der Waals surface area contributed by atoms with Gasteiger partial charge in [-0.3, -0.25) is 4.90 Å². The van der Waals surface area contributed by atoms with E-state index in [-0.39, 0.29) is 0 Å². The minimum Gasteiger partial charge on any atom is -0.497 e. The Kier molecular flexibility index (Phi) is 6.33. The zero-order valence-corrected chi connectivity index (χ0v) is 14.6. The number of nitrogens with one attached hydrogen (secondary N) is 1. The standard InChI is InChI=1S/C16H22N4O3S/c1-21-14-4-2-13(3-5-14)17-12-15-18-19-16(23-15)24-11-8-20-6-9-22-10-7-20/h2-5,17H,6-12H2,1H3. The second kappa shape index (κ2) is 8.91. The molecule has 0 bridgehead atoms. The van der Waals surface area contributed by atoms with Gasteiger partial charge in [0.05, 0.1) is 26.9 Å². The predicted molar refractivity (Wildman–Crippen MR) is 92.6 cm³/mol. The third-order valence-electron chi connectivity index (χ3n) is 3.72. The number of methoxy groups -OCH3 is 1. The summed E-state index contributed by atoms with van der Waals surface area (Å²) in [6.07, 6.45) is 0. The molecule has 2 aromatic rings. The van der Waals surface area contributed by atoms with Gasteiger partial charge in [-0.25, -0.2) is 0 Å². The molecule has 1 aliphatic heterocycles. The van der Waals surface area contributed by atoms with Crippen LogP contribution in [0, 0.1) is 0 Å². The van der Waals surface area contributed by atoms with E-state index >= 15 is 0 Å². The number of aromatic nitrogens is 2. The van der Waals surface area contributed by atoms with Gasteiger partial charge in [-0.15, -0.1) is 10.2 Å². The lowest BCUT2D eigenvalue weighted by atomic mass is 10.3. The number of benzene rings is 1. The van der Waals surface area contributed by atoms with E-state index in [9.17, 15) is 0 Å². The third kappa shape index (κ3) is 5.12. The molecule has 8 heteroatoms. The first kappa shape index (κ1) is 17.1. The molecule has 130 valence electrons. The number of morpholine rings is 1. The maximum Gasteiger partial charge on any atom is 0.276 e. The zero-order chi connectivity index (χ0) is 16.6. The molecule has 0 unspecified atom stereocenters. The summed E-state index contributed by atoms with van der Waals surface area (Å²) in [5, 5.41) is 12.0. The van der Waals surface area contributed by atoms with Crippen LogP contribution in [0.1, 0.15) is 5.89 Å². The van der Waals surface area contributed by atoms with Crippen molar-refractivity contribution in [1.82, 2.24) is 15.1 Å². The van der Waals surface area contributed by atoms with Crippen LogP contribution in [0.25, 0.3) is 0 Å². The summed E-state index contributed by atoms with van der Waals surface area (Å²) < 4.78 is 16.1. The molecular weight excluding hydrogens is 328 g/mol. The van der Waals surface area contributed by atoms with E-state index in [0.717, 1.165) is 50.0 Å². The molecule has 0 spiro atoms. The molecule has 7 nitrogen and oxygen atoms in total. The zero-order valence-electron chi connectivity index (χ0n) is 13.7. The average molecular weight is 350 g/mol. The fourth-order valence-electron chi connectivity index (χ4n) is 2.34. The summed E-state index contributed by atoms with van der Waals surface area (Å²) >= 11 is 1.59. The van der Waals surface area contributed by atoms with E-state index in [0.29, 0.717) is 17.7 Å². The monoisotopic (exact) mass is 350 g/mol. The minimum atomic E-state index is 0.503. The van der Waals surface area contributed by atoms with Crippen molar-refractivity contribution in [1.29, 1.82) is 0 Å². The molecule has 1 N–H and O–H groups in total. The lowest BCUT2D eigenvalue weighted by Gasteiger charge is -2.25. The highest BCUT2D eigenvalue weighted by Gasteiger charge is 2.11. The fourth-order valence-corrected chi connectivity index (χ4v) is 3.12. The molecule has 0 aliphatic carbocycles. The van der Waals surface area contributed by atoms with E-state index in [2.05, 4.69) is 20.4 Å². The molecule has 1 fully saturated rings. The van der Waals surface area contributed by atoms with Crippen molar-refractivity contribution in [3.8, 4) is 5.75 Å². The van der Waals surface area contributed by atoms with Crippen LogP contribution in [0.2, 0.25) is 0 Å². The van der Waals surface area contributed by atoms with E-state index in [1.54, 1.807) is 18.9 Å². The van der Waals surface area contributed by atoms with E-state index in [1.165, 1.54) is 0 Å². The minimum absolute atomic E-state index is 0.503. The molecular formula is C16H22N4O3S. The third-order valence-corrected chi connectivity index (χ3v) is 4.52. The Labute approximate surface area is 145 Å². The Hall–Kier alpha value is -1.77. The summed E-state index contributed by atoms with van der Waals surface area (Å²) in [5.41, 5.74) is 0.982. The van der Waals surface area contributed by atoms with Crippen molar-refractivity contribution < 1.29 is 13.9 Å². The maximum absolute atomic E-state index is 5.65. The maximum atomic E-state index is 5.65. The van der Waals surface area contributed by atoms with Gasteiger partial charge in [-0.2, -0.15) is 0 Å². The summed E-state index contributed by atoms with van der Waals surface area (Å²) in [4.78, 5) is 2.39.